The minimum Gasteiger partial charge on any atom is -0.444 e. The average molecular weight is 540 g/mol. The second-order valence-corrected chi connectivity index (χ2v) is 12.6. The van der Waals surface area contributed by atoms with Crippen LogP contribution >= 0.6 is 0 Å². The number of aromatic nitrogens is 2. The summed E-state index contributed by atoms with van der Waals surface area (Å²) in [6, 6.07) is 13.7. The van der Waals surface area contributed by atoms with E-state index in [0.717, 1.165) is 46.5 Å². The van der Waals surface area contributed by atoms with Crippen LogP contribution in [-0.2, 0) is 14.0 Å². The molecule has 2 saturated heterocycles. The molecule has 3 heterocycles. The van der Waals surface area contributed by atoms with Crippen LogP contribution in [-0.4, -0.2) is 51.4 Å². The van der Waals surface area contributed by atoms with Crippen molar-refractivity contribution in [3.05, 3.63) is 65.9 Å². The van der Waals surface area contributed by atoms with Crippen LogP contribution in [0.15, 0.2) is 48.7 Å². The molecule has 9 heteroatoms. The van der Waals surface area contributed by atoms with Gasteiger partial charge in [-0.3, -0.25) is 4.90 Å². The standard InChI is InChI=1S/C31H37BN4O4/c1-29(2,3)38-28(37)36-17-9-10-26(36)27-34-19-25(35-27)21-13-11-20(12-14-21)23-16-15-22(18-24(23)33-8)32-39-30(4,5)31(6,7)40-32/h11-16,18-19,26H,9-10,17H2,1-7H3,(H,34,35)/t26-/m0/s1. The molecule has 2 aliphatic rings. The summed E-state index contributed by atoms with van der Waals surface area (Å²) >= 11 is 0. The highest BCUT2D eigenvalue weighted by molar-refractivity contribution is 6.62. The van der Waals surface area contributed by atoms with Crippen LogP contribution in [0.1, 0.15) is 73.2 Å². The average Bonchev–Trinajstić information content (AvgIpc) is 3.60. The molecule has 3 aromatic rings. The molecule has 1 aromatic heterocycles. The topological polar surface area (TPSA) is 81.0 Å². The molecule has 1 amide bonds. The number of carbonyl (C=O) groups is 1. The Hall–Kier alpha value is -3.61. The maximum atomic E-state index is 12.7. The number of nitrogens with zero attached hydrogens (tertiary/aromatic N) is 3. The molecule has 40 heavy (non-hydrogen) atoms. The van der Waals surface area contributed by atoms with Crippen molar-refractivity contribution in [1.29, 1.82) is 0 Å². The van der Waals surface area contributed by atoms with Crippen molar-refractivity contribution < 1.29 is 18.8 Å². The first-order valence-electron chi connectivity index (χ1n) is 13.8. The van der Waals surface area contributed by atoms with Crippen LogP contribution in [0.25, 0.3) is 27.2 Å². The Balaban J connectivity index is 1.33. The van der Waals surface area contributed by atoms with Gasteiger partial charge in [-0.05, 0) is 83.5 Å². The van der Waals surface area contributed by atoms with Gasteiger partial charge in [-0.1, -0.05) is 42.5 Å². The van der Waals surface area contributed by atoms with E-state index in [1.54, 1.807) is 11.1 Å². The van der Waals surface area contributed by atoms with Crippen LogP contribution in [0.2, 0.25) is 0 Å². The summed E-state index contributed by atoms with van der Waals surface area (Å²) in [5.74, 6) is 0.760. The number of nitrogens with one attached hydrogen (secondary N) is 1. The number of benzene rings is 2. The summed E-state index contributed by atoms with van der Waals surface area (Å²) in [4.78, 5) is 26.3. The van der Waals surface area contributed by atoms with Gasteiger partial charge in [0, 0.05) is 6.54 Å². The van der Waals surface area contributed by atoms with E-state index in [0.29, 0.717) is 12.2 Å². The molecule has 2 aliphatic heterocycles. The highest BCUT2D eigenvalue weighted by atomic mass is 16.7. The van der Waals surface area contributed by atoms with Crippen molar-refractivity contribution in [3.63, 3.8) is 0 Å². The van der Waals surface area contributed by atoms with Crippen LogP contribution < -0.4 is 5.46 Å². The zero-order valence-electron chi connectivity index (χ0n) is 24.4. The second kappa shape index (κ2) is 10.1. The van der Waals surface area contributed by atoms with E-state index in [4.69, 9.17) is 20.6 Å². The smallest absolute Gasteiger partial charge is 0.444 e. The Morgan fingerprint density at radius 3 is 2.38 bits per heavy atom. The number of carbonyl (C=O) groups excluding carboxylic acids is 1. The first-order chi connectivity index (χ1) is 18.8. The molecule has 0 spiro atoms. The van der Waals surface area contributed by atoms with Gasteiger partial charge in [-0.2, -0.15) is 0 Å². The number of rotatable bonds is 4. The summed E-state index contributed by atoms with van der Waals surface area (Å²) in [7, 11) is -0.511. The third-order valence-corrected chi connectivity index (χ3v) is 7.97. The zero-order valence-corrected chi connectivity index (χ0v) is 24.4. The number of amides is 1. The molecule has 1 atom stereocenters. The number of imidazole rings is 1. The highest BCUT2D eigenvalue weighted by Gasteiger charge is 2.51. The van der Waals surface area contributed by atoms with Crippen LogP contribution in [0.4, 0.5) is 10.5 Å². The van der Waals surface area contributed by atoms with Gasteiger partial charge in [0.2, 0.25) is 0 Å². The monoisotopic (exact) mass is 540 g/mol. The Morgan fingerprint density at radius 1 is 1.10 bits per heavy atom. The first kappa shape index (κ1) is 27.9. The predicted molar refractivity (Wildman–Crippen MR) is 156 cm³/mol. The zero-order chi connectivity index (χ0) is 28.9. The van der Waals surface area contributed by atoms with Crippen LogP contribution in [0.5, 0.6) is 0 Å². The third kappa shape index (κ3) is 5.39. The Labute approximate surface area is 237 Å². The fraction of sp³-hybridized carbons (Fsp3) is 0.452. The second-order valence-electron chi connectivity index (χ2n) is 12.6. The number of H-pyrrole nitrogens is 1. The summed E-state index contributed by atoms with van der Waals surface area (Å²) in [6.07, 6.45) is 3.25. The Kier molecular flexibility index (Phi) is 7.05. The molecule has 1 N–H and O–H groups in total. The van der Waals surface area contributed by atoms with Crippen molar-refractivity contribution in [1.82, 2.24) is 14.9 Å². The van der Waals surface area contributed by atoms with E-state index in [2.05, 4.69) is 14.8 Å². The molecule has 2 fully saturated rings. The summed E-state index contributed by atoms with van der Waals surface area (Å²) in [5.41, 5.74) is 3.61. The number of likely N-dealkylation sites (tertiary alicyclic amines) is 1. The van der Waals surface area contributed by atoms with Crippen molar-refractivity contribution >= 4 is 24.4 Å². The van der Waals surface area contributed by atoms with Crippen LogP contribution in [0, 0.1) is 6.57 Å². The molecule has 0 aliphatic carbocycles. The van der Waals surface area contributed by atoms with Crippen molar-refractivity contribution in [2.75, 3.05) is 6.54 Å². The number of hydrogen-bond donors (Lipinski definition) is 1. The van der Waals surface area contributed by atoms with Gasteiger partial charge in [-0.15, -0.1) is 0 Å². The normalized spacial score (nSPS) is 20.0. The Morgan fingerprint density at radius 2 is 1.75 bits per heavy atom. The quantitative estimate of drug-likeness (QED) is 0.296. The number of ether oxygens (including phenoxy) is 1. The van der Waals surface area contributed by atoms with E-state index in [1.165, 1.54) is 0 Å². The fourth-order valence-corrected chi connectivity index (χ4v) is 5.08. The highest BCUT2D eigenvalue weighted by Crippen LogP contribution is 2.38. The van der Waals surface area contributed by atoms with Gasteiger partial charge >= 0.3 is 13.2 Å². The van der Waals surface area contributed by atoms with E-state index >= 15 is 0 Å². The Bertz CT molecular complexity index is 1430. The van der Waals surface area contributed by atoms with Gasteiger partial charge in [0.15, 0.2) is 5.69 Å². The van der Waals surface area contributed by atoms with E-state index in [1.807, 2.05) is 90.9 Å². The van der Waals surface area contributed by atoms with E-state index in [9.17, 15) is 4.79 Å². The maximum Gasteiger partial charge on any atom is 0.493 e. The summed E-state index contributed by atoms with van der Waals surface area (Å²) < 4.78 is 18.0. The summed E-state index contributed by atoms with van der Waals surface area (Å²) in [6.45, 7) is 22.2. The molecule has 0 radical (unpaired) electrons. The van der Waals surface area contributed by atoms with E-state index < -0.39 is 23.9 Å². The lowest BCUT2D eigenvalue weighted by Gasteiger charge is -2.32. The molecular formula is C31H37BN4O4. The lowest BCUT2D eigenvalue weighted by Crippen LogP contribution is -2.41. The summed E-state index contributed by atoms with van der Waals surface area (Å²) in [5, 5.41) is 0. The molecule has 2 aromatic carbocycles. The SMILES string of the molecule is [C-]#[N+]c1cc(B2OC(C)(C)C(C)(C)O2)ccc1-c1ccc(-c2cnc([C@@H]3CCCN3C(=O)OC(C)(C)C)[nH]2)cc1. The molecule has 0 unspecified atom stereocenters. The lowest BCUT2D eigenvalue weighted by molar-refractivity contribution is 0.00578. The number of aromatic amines is 1. The van der Waals surface area contributed by atoms with Gasteiger partial charge in [-0.25, -0.2) is 14.6 Å². The van der Waals surface area contributed by atoms with Crippen molar-refractivity contribution in [2.24, 2.45) is 0 Å². The molecule has 5 rings (SSSR count). The van der Waals surface area contributed by atoms with Gasteiger partial charge in [0.05, 0.1) is 35.7 Å². The number of hydrogen-bond acceptors (Lipinski definition) is 5. The molecule has 0 bridgehead atoms. The minimum absolute atomic E-state index is 0.133. The maximum absolute atomic E-state index is 12.7. The molecule has 8 nitrogen and oxygen atoms in total. The fourth-order valence-electron chi connectivity index (χ4n) is 5.08. The van der Waals surface area contributed by atoms with Gasteiger partial charge < -0.3 is 19.0 Å². The molecule has 208 valence electrons. The first-order valence-corrected chi connectivity index (χ1v) is 13.8. The van der Waals surface area contributed by atoms with Crippen molar-refractivity contribution in [2.45, 2.75) is 84.2 Å². The molecule has 0 saturated carbocycles. The lowest BCUT2D eigenvalue weighted by atomic mass is 9.78. The van der Waals surface area contributed by atoms with Gasteiger partial charge in [0.25, 0.3) is 0 Å². The van der Waals surface area contributed by atoms with Gasteiger partial charge in [0.1, 0.15) is 11.4 Å². The minimum atomic E-state index is -0.542. The predicted octanol–water partition coefficient (Wildman–Crippen LogP) is 6.67. The van der Waals surface area contributed by atoms with Crippen molar-refractivity contribution in [3.8, 4) is 22.4 Å². The van der Waals surface area contributed by atoms with Crippen LogP contribution in [0.3, 0.4) is 0 Å². The largest absolute Gasteiger partial charge is 0.493 e. The van der Waals surface area contributed by atoms with E-state index in [-0.39, 0.29) is 12.1 Å². The third-order valence-electron chi connectivity index (χ3n) is 7.97. The molecular weight excluding hydrogens is 503 g/mol.